The molecule has 0 aliphatic heterocycles. The number of non-ortho nitro benzene ring substituents is 1. The third-order valence-electron chi connectivity index (χ3n) is 2.75. The minimum Gasteiger partial charge on any atom is -0.258 e. The van der Waals surface area contributed by atoms with Crippen LogP contribution in [0.4, 0.5) is 5.69 Å². The van der Waals surface area contributed by atoms with Crippen molar-refractivity contribution in [3.63, 3.8) is 0 Å². The fraction of sp³-hybridized carbons (Fsp3) is 0.0667. The molecule has 0 heterocycles. The lowest BCUT2D eigenvalue weighted by Crippen LogP contribution is -1.87. The van der Waals surface area contributed by atoms with Gasteiger partial charge in [-0.3, -0.25) is 10.1 Å². The van der Waals surface area contributed by atoms with E-state index in [9.17, 15) is 10.1 Å². The number of hydrogen-bond acceptors (Lipinski definition) is 2. The second kappa shape index (κ2) is 5.27. The van der Waals surface area contributed by atoms with E-state index in [2.05, 4.69) is 6.58 Å². The highest BCUT2D eigenvalue weighted by atomic mass is 16.6. The van der Waals surface area contributed by atoms with E-state index in [4.69, 9.17) is 0 Å². The highest BCUT2D eigenvalue weighted by Crippen LogP contribution is 2.22. The van der Waals surface area contributed by atoms with E-state index >= 15 is 0 Å². The summed E-state index contributed by atoms with van der Waals surface area (Å²) in [7, 11) is 0. The zero-order valence-corrected chi connectivity index (χ0v) is 9.87. The highest BCUT2D eigenvalue weighted by Gasteiger charge is 2.04. The van der Waals surface area contributed by atoms with E-state index in [-0.39, 0.29) is 5.69 Å². The van der Waals surface area contributed by atoms with Gasteiger partial charge in [-0.05, 0) is 35.2 Å². The van der Waals surface area contributed by atoms with Gasteiger partial charge in [-0.25, -0.2) is 0 Å². The number of rotatable bonds is 4. The first-order chi connectivity index (χ1) is 8.70. The standard InChI is InChI=1S/C15H13NO2/c1-2-3-12-4-6-13(7-5-12)14-8-10-15(11-9-14)16(17)18/h2,4-11H,1,3H2. The predicted molar refractivity (Wildman–Crippen MR) is 72.4 cm³/mol. The van der Waals surface area contributed by atoms with Crippen LogP contribution in [0.2, 0.25) is 0 Å². The first-order valence-corrected chi connectivity index (χ1v) is 5.65. The van der Waals surface area contributed by atoms with Crippen LogP contribution in [0.1, 0.15) is 5.56 Å². The number of allylic oxidation sites excluding steroid dienone is 1. The summed E-state index contributed by atoms with van der Waals surface area (Å²) in [6.45, 7) is 3.70. The second-order valence-corrected chi connectivity index (χ2v) is 3.99. The molecule has 0 spiro atoms. The van der Waals surface area contributed by atoms with Crippen molar-refractivity contribution in [1.82, 2.24) is 0 Å². The molecule has 3 heteroatoms. The maximum absolute atomic E-state index is 10.6. The van der Waals surface area contributed by atoms with Crippen LogP contribution in [0.15, 0.2) is 61.2 Å². The predicted octanol–water partition coefficient (Wildman–Crippen LogP) is 3.99. The maximum Gasteiger partial charge on any atom is 0.269 e. The molecular formula is C15H13NO2. The Morgan fingerprint density at radius 1 is 1.00 bits per heavy atom. The summed E-state index contributed by atoms with van der Waals surface area (Å²) in [5.41, 5.74) is 3.35. The molecule has 0 N–H and O–H groups in total. The van der Waals surface area contributed by atoms with Crippen molar-refractivity contribution in [3.05, 3.63) is 76.9 Å². The van der Waals surface area contributed by atoms with Gasteiger partial charge in [0.15, 0.2) is 0 Å². The van der Waals surface area contributed by atoms with E-state index in [1.165, 1.54) is 17.7 Å². The van der Waals surface area contributed by atoms with Gasteiger partial charge in [0.05, 0.1) is 4.92 Å². The Labute approximate surface area is 106 Å². The molecule has 2 rings (SSSR count). The Morgan fingerprint density at radius 2 is 1.50 bits per heavy atom. The van der Waals surface area contributed by atoms with Crippen molar-refractivity contribution >= 4 is 5.69 Å². The Hall–Kier alpha value is -2.42. The molecule has 2 aromatic rings. The van der Waals surface area contributed by atoms with Crippen molar-refractivity contribution in [3.8, 4) is 11.1 Å². The molecule has 90 valence electrons. The quantitative estimate of drug-likeness (QED) is 0.460. The van der Waals surface area contributed by atoms with Gasteiger partial charge in [0, 0.05) is 12.1 Å². The first kappa shape index (κ1) is 12.0. The summed E-state index contributed by atoms with van der Waals surface area (Å²) in [5.74, 6) is 0. The Morgan fingerprint density at radius 3 is 1.94 bits per heavy atom. The zero-order chi connectivity index (χ0) is 13.0. The van der Waals surface area contributed by atoms with Gasteiger partial charge >= 0.3 is 0 Å². The van der Waals surface area contributed by atoms with Gasteiger partial charge in [0.2, 0.25) is 0 Å². The lowest BCUT2D eigenvalue weighted by atomic mass is 10.0. The summed E-state index contributed by atoms with van der Waals surface area (Å²) in [4.78, 5) is 10.2. The topological polar surface area (TPSA) is 43.1 Å². The van der Waals surface area contributed by atoms with Crippen LogP contribution in [-0.2, 0) is 6.42 Å². The fourth-order valence-corrected chi connectivity index (χ4v) is 1.78. The number of hydrogen-bond donors (Lipinski definition) is 0. The number of benzene rings is 2. The fourth-order valence-electron chi connectivity index (χ4n) is 1.78. The normalized spacial score (nSPS) is 10.0. The molecule has 0 aliphatic carbocycles. The molecule has 18 heavy (non-hydrogen) atoms. The molecule has 2 aromatic carbocycles. The maximum atomic E-state index is 10.6. The zero-order valence-electron chi connectivity index (χ0n) is 9.87. The molecule has 0 saturated carbocycles. The summed E-state index contributed by atoms with van der Waals surface area (Å²) >= 11 is 0. The SMILES string of the molecule is C=CCc1ccc(-c2ccc([N+](=O)[O-])cc2)cc1. The lowest BCUT2D eigenvalue weighted by Gasteiger charge is -2.03. The number of nitro groups is 1. The third-order valence-corrected chi connectivity index (χ3v) is 2.75. The summed E-state index contributed by atoms with van der Waals surface area (Å²) in [6, 6.07) is 14.7. The molecule has 0 aromatic heterocycles. The van der Waals surface area contributed by atoms with Gasteiger partial charge in [0.25, 0.3) is 5.69 Å². The molecule has 0 atom stereocenters. The third kappa shape index (κ3) is 2.63. The molecule has 0 radical (unpaired) electrons. The van der Waals surface area contributed by atoms with Crippen LogP contribution in [0.3, 0.4) is 0 Å². The Bertz CT molecular complexity index is 556. The van der Waals surface area contributed by atoms with Gasteiger partial charge in [-0.2, -0.15) is 0 Å². The van der Waals surface area contributed by atoms with E-state index in [0.717, 1.165) is 17.5 Å². The smallest absolute Gasteiger partial charge is 0.258 e. The van der Waals surface area contributed by atoms with Crippen LogP contribution < -0.4 is 0 Å². The van der Waals surface area contributed by atoms with E-state index in [0.29, 0.717) is 0 Å². The van der Waals surface area contributed by atoms with Crippen molar-refractivity contribution in [2.45, 2.75) is 6.42 Å². The Balaban J connectivity index is 2.25. The van der Waals surface area contributed by atoms with Crippen molar-refractivity contribution in [2.24, 2.45) is 0 Å². The summed E-state index contributed by atoms with van der Waals surface area (Å²) < 4.78 is 0. The van der Waals surface area contributed by atoms with Crippen LogP contribution >= 0.6 is 0 Å². The van der Waals surface area contributed by atoms with Crippen LogP contribution in [0.25, 0.3) is 11.1 Å². The first-order valence-electron chi connectivity index (χ1n) is 5.65. The number of nitro benzene ring substituents is 1. The van der Waals surface area contributed by atoms with E-state index < -0.39 is 4.92 Å². The molecule has 0 fully saturated rings. The highest BCUT2D eigenvalue weighted by molar-refractivity contribution is 5.65. The van der Waals surface area contributed by atoms with Gasteiger partial charge in [-0.1, -0.05) is 30.3 Å². The Kier molecular flexibility index (Phi) is 3.53. The van der Waals surface area contributed by atoms with Crippen LogP contribution in [-0.4, -0.2) is 4.92 Å². The van der Waals surface area contributed by atoms with E-state index in [1.807, 2.05) is 30.3 Å². The number of nitrogens with zero attached hydrogens (tertiary/aromatic N) is 1. The van der Waals surface area contributed by atoms with Crippen molar-refractivity contribution in [2.75, 3.05) is 0 Å². The monoisotopic (exact) mass is 239 g/mol. The molecule has 0 saturated heterocycles. The second-order valence-electron chi connectivity index (χ2n) is 3.99. The molecule has 0 amide bonds. The molecule has 0 aliphatic rings. The largest absolute Gasteiger partial charge is 0.269 e. The molecule has 0 bridgehead atoms. The van der Waals surface area contributed by atoms with Gasteiger partial charge in [-0.15, -0.1) is 6.58 Å². The lowest BCUT2D eigenvalue weighted by molar-refractivity contribution is -0.384. The van der Waals surface area contributed by atoms with Crippen LogP contribution in [0.5, 0.6) is 0 Å². The van der Waals surface area contributed by atoms with Gasteiger partial charge < -0.3 is 0 Å². The van der Waals surface area contributed by atoms with E-state index in [1.54, 1.807) is 12.1 Å². The average Bonchev–Trinajstić information content (AvgIpc) is 2.40. The van der Waals surface area contributed by atoms with Crippen molar-refractivity contribution < 1.29 is 4.92 Å². The van der Waals surface area contributed by atoms with Crippen molar-refractivity contribution in [1.29, 1.82) is 0 Å². The molecule has 0 unspecified atom stereocenters. The molecular weight excluding hydrogens is 226 g/mol. The van der Waals surface area contributed by atoms with Crippen LogP contribution in [0, 0.1) is 10.1 Å². The summed E-state index contributed by atoms with van der Waals surface area (Å²) in [5, 5.41) is 10.6. The summed E-state index contributed by atoms with van der Waals surface area (Å²) in [6.07, 6.45) is 2.71. The molecule has 3 nitrogen and oxygen atoms in total. The average molecular weight is 239 g/mol. The minimum absolute atomic E-state index is 0.113. The minimum atomic E-state index is -0.392. The van der Waals surface area contributed by atoms with Gasteiger partial charge in [0.1, 0.15) is 0 Å².